The van der Waals surface area contributed by atoms with Gasteiger partial charge in [-0.15, -0.1) is 0 Å². The van der Waals surface area contributed by atoms with Crippen LogP contribution in [-0.2, 0) is 9.59 Å². The molecule has 0 spiro atoms. The van der Waals surface area contributed by atoms with Crippen LogP contribution in [-0.4, -0.2) is 81.8 Å². The number of unbranched alkanes of at least 4 members (excludes halogenated alkanes) is 8. The zero-order valence-corrected chi connectivity index (χ0v) is 18.5. The Balaban J connectivity index is 0. The number of hydrogen-bond donors (Lipinski definition) is 5. The van der Waals surface area contributed by atoms with E-state index < -0.39 is 17.9 Å². The summed E-state index contributed by atoms with van der Waals surface area (Å²) in [7, 11) is 0. The second kappa shape index (κ2) is 23.8. The van der Waals surface area contributed by atoms with E-state index >= 15 is 0 Å². The highest BCUT2D eigenvalue weighted by Crippen LogP contribution is 2.11. The first-order chi connectivity index (χ1) is 14.4. The van der Waals surface area contributed by atoms with E-state index in [0.29, 0.717) is 19.6 Å². The number of carboxylic acid groups (broad SMARTS) is 2. The van der Waals surface area contributed by atoms with Crippen LogP contribution in [0.5, 0.6) is 0 Å². The van der Waals surface area contributed by atoms with Crippen molar-refractivity contribution in [3.63, 3.8) is 0 Å². The Morgan fingerprint density at radius 3 is 1.67 bits per heavy atom. The van der Waals surface area contributed by atoms with Gasteiger partial charge in [0.2, 0.25) is 0 Å². The van der Waals surface area contributed by atoms with E-state index in [2.05, 4.69) is 6.92 Å². The van der Waals surface area contributed by atoms with Crippen LogP contribution in [0, 0.1) is 5.92 Å². The fraction of sp³-hybridized carbons (Fsp3) is 0.818. The molecule has 30 heavy (non-hydrogen) atoms. The quantitative estimate of drug-likeness (QED) is 0.155. The molecule has 178 valence electrons. The summed E-state index contributed by atoms with van der Waals surface area (Å²) in [5.41, 5.74) is 0. The van der Waals surface area contributed by atoms with E-state index in [1.165, 1.54) is 44.6 Å². The Morgan fingerprint density at radius 1 is 0.800 bits per heavy atom. The molecule has 0 aromatic heterocycles. The van der Waals surface area contributed by atoms with Gasteiger partial charge in [0.15, 0.2) is 0 Å². The molecular weight excluding hydrogens is 390 g/mol. The molecule has 0 aliphatic carbocycles. The summed E-state index contributed by atoms with van der Waals surface area (Å²) in [5.74, 6) is -3.05. The Kier molecular flexibility index (Phi) is 24.4. The van der Waals surface area contributed by atoms with Crippen LogP contribution in [0.3, 0.4) is 0 Å². The predicted octanol–water partition coefficient (Wildman–Crippen LogP) is 2.51. The van der Waals surface area contributed by atoms with Crippen LogP contribution in [0.4, 0.5) is 0 Å². The van der Waals surface area contributed by atoms with Gasteiger partial charge < -0.3 is 25.5 Å². The van der Waals surface area contributed by atoms with E-state index in [1.807, 2.05) is 0 Å². The molecule has 0 amide bonds. The average molecular weight is 434 g/mol. The molecule has 0 radical (unpaired) electrons. The fourth-order valence-corrected chi connectivity index (χ4v) is 2.84. The fourth-order valence-electron chi connectivity index (χ4n) is 2.84. The third-order valence-corrected chi connectivity index (χ3v) is 4.55. The van der Waals surface area contributed by atoms with Gasteiger partial charge in [0.25, 0.3) is 0 Å². The molecule has 0 aliphatic heterocycles. The minimum Gasteiger partial charge on any atom is -0.481 e. The first-order valence-corrected chi connectivity index (χ1v) is 11.1. The lowest BCUT2D eigenvalue weighted by atomic mass is 10.0. The first-order valence-electron chi connectivity index (χ1n) is 11.1. The van der Waals surface area contributed by atoms with Gasteiger partial charge in [-0.2, -0.15) is 0 Å². The van der Waals surface area contributed by atoms with E-state index in [9.17, 15) is 9.59 Å². The molecule has 0 heterocycles. The summed E-state index contributed by atoms with van der Waals surface area (Å²) in [5, 5.41) is 42.9. The van der Waals surface area contributed by atoms with Crippen LogP contribution in [0.15, 0.2) is 12.2 Å². The number of carbonyl (C=O) groups is 2. The molecule has 1 atom stereocenters. The molecular formula is C22H43NO7. The number of aliphatic carboxylic acids is 2. The molecule has 0 saturated heterocycles. The predicted molar refractivity (Wildman–Crippen MR) is 117 cm³/mol. The summed E-state index contributed by atoms with van der Waals surface area (Å²) >= 11 is 0. The second-order valence-electron chi connectivity index (χ2n) is 7.25. The lowest BCUT2D eigenvalue weighted by Crippen LogP contribution is -2.32. The molecule has 8 heteroatoms. The summed E-state index contributed by atoms with van der Waals surface area (Å²) in [4.78, 5) is 23.1. The number of aliphatic hydroxyl groups excluding tert-OH is 3. The lowest BCUT2D eigenvalue weighted by molar-refractivity contribution is -0.146. The topological polar surface area (TPSA) is 139 Å². The SMILES string of the molecule is CCCCCCCCCC/C=C/C(CC(=O)O)C(=O)O.OCCN(CCO)CCO. The average Bonchev–Trinajstić information content (AvgIpc) is 2.69. The molecule has 5 N–H and O–H groups in total. The van der Waals surface area contributed by atoms with Crippen molar-refractivity contribution in [3.8, 4) is 0 Å². The Morgan fingerprint density at radius 2 is 1.27 bits per heavy atom. The molecule has 8 nitrogen and oxygen atoms in total. The number of allylic oxidation sites excluding steroid dienone is 1. The van der Waals surface area contributed by atoms with Gasteiger partial charge in [0.1, 0.15) is 0 Å². The van der Waals surface area contributed by atoms with Gasteiger partial charge in [-0.3, -0.25) is 14.5 Å². The summed E-state index contributed by atoms with van der Waals surface area (Å²) in [6, 6.07) is 0. The minimum absolute atomic E-state index is 0.0694. The van der Waals surface area contributed by atoms with Crippen LogP contribution >= 0.6 is 0 Å². The summed E-state index contributed by atoms with van der Waals surface area (Å²) in [6.45, 7) is 3.96. The number of rotatable bonds is 19. The van der Waals surface area contributed by atoms with Gasteiger partial charge in [0, 0.05) is 19.6 Å². The Hall–Kier alpha value is -1.48. The van der Waals surface area contributed by atoms with Crippen molar-refractivity contribution in [2.45, 2.75) is 71.1 Å². The first kappa shape index (κ1) is 30.7. The van der Waals surface area contributed by atoms with Gasteiger partial charge in [-0.05, 0) is 12.8 Å². The zero-order chi connectivity index (χ0) is 23.0. The van der Waals surface area contributed by atoms with Crippen molar-refractivity contribution in [3.05, 3.63) is 12.2 Å². The standard InChI is InChI=1S/C16H28O4.C6H15NO3/c1-2-3-4-5-6-7-8-9-10-11-12-14(16(19)20)13-15(17)18;8-4-1-7(2-5-9)3-6-10/h11-12,14H,2-10,13H2,1H3,(H,17,18)(H,19,20);8-10H,1-6H2/b12-11+;. The highest BCUT2D eigenvalue weighted by Gasteiger charge is 2.17. The largest absolute Gasteiger partial charge is 0.481 e. The van der Waals surface area contributed by atoms with E-state index in [-0.39, 0.29) is 26.2 Å². The third kappa shape index (κ3) is 22.8. The van der Waals surface area contributed by atoms with E-state index in [4.69, 9.17) is 25.5 Å². The van der Waals surface area contributed by atoms with Crippen molar-refractivity contribution >= 4 is 11.9 Å². The van der Waals surface area contributed by atoms with Crippen molar-refractivity contribution in [2.24, 2.45) is 5.92 Å². The second-order valence-corrected chi connectivity index (χ2v) is 7.25. The normalized spacial score (nSPS) is 12.0. The van der Waals surface area contributed by atoms with Crippen LogP contribution in [0.1, 0.15) is 71.1 Å². The number of nitrogens with zero attached hydrogens (tertiary/aromatic N) is 1. The smallest absolute Gasteiger partial charge is 0.310 e. The third-order valence-electron chi connectivity index (χ3n) is 4.55. The van der Waals surface area contributed by atoms with Crippen molar-refractivity contribution in [2.75, 3.05) is 39.5 Å². The van der Waals surface area contributed by atoms with Crippen molar-refractivity contribution in [1.29, 1.82) is 0 Å². The highest BCUT2D eigenvalue weighted by atomic mass is 16.4. The minimum atomic E-state index is -1.07. The molecule has 0 rings (SSSR count). The van der Waals surface area contributed by atoms with E-state index in [1.54, 1.807) is 11.0 Å². The molecule has 0 saturated carbocycles. The van der Waals surface area contributed by atoms with Crippen LogP contribution in [0.2, 0.25) is 0 Å². The molecule has 0 aromatic rings. The van der Waals surface area contributed by atoms with E-state index in [0.717, 1.165) is 19.3 Å². The summed E-state index contributed by atoms with van der Waals surface area (Å²) in [6.07, 6.45) is 13.7. The molecule has 0 aromatic carbocycles. The number of hydrogen-bond acceptors (Lipinski definition) is 6. The maximum Gasteiger partial charge on any atom is 0.310 e. The van der Waals surface area contributed by atoms with Crippen LogP contribution in [0.25, 0.3) is 0 Å². The highest BCUT2D eigenvalue weighted by molar-refractivity contribution is 5.79. The Labute approximate surface area is 181 Å². The maximum absolute atomic E-state index is 10.8. The number of aliphatic hydroxyl groups is 3. The molecule has 1 unspecified atom stereocenters. The molecule has 0 bridgehead atoms. The van der Waals surface area contributed by atoms with Gasteiger partial charge >= 0.3 is 11.9 Å². The van der Waals surface area contributed by atoms with Crippen LogP contribution < -0.4 is 0 Å². The number of carboxylic acids is 2. The molecule has 0 aliphatic rings. The monoisotopic (exact) mass is 433 g/mol. The van der Waals surface area contributed by atoms with Gasteiger partial charge in [0.05, 0.1) is 32.2 Å². The molecule has 0 fully saturated rings. The Bertz CT molecular complexity index is 415. The van der Waals surface area contributed by atoms with Gasteiger partial charge in [-0.25, -0.2) is 0 Å². The van der Waals surface area contributed by atoms with Gasteiger partial charge in [-0.1, -0.05) is 64.0 Å². The maximum atomic E-state index is 10.8. The van der Waals surface area contributed by atoms with Crippen molar-refractivity contribution < 1.29 is 35.1 Å². The summed E-state index contributed by atoms with van der Waals surface area (Å²) < 4.78 is 0. The lowest BCUT2D eigenvalue weighted by Gasteiger charge is -2.17. The van der Waals surface area contributed by atoms with Crippen molar-refractivity contribution in [1.82, 2.24) is 4.90 Å². The zero-order valence-electron chi connectivity index (χ0n) is 18.5.